The molecule has 1 aromatic heterocycles. The second kappa shape index (κ2) is 6.17. The Morgan fingerprint density at radius 1 is 1.37 bits per heavy atom. The SMILES string of the molecule is Cc1ccnn1Cc1cc(F)cc(C#CCCO)c1. The van der Waals surface area contributed by atoms with Crippen molar-refractivity contribution >= 4 is 0 Å². The molecule has 19 heavy (non-hydrogen) atoms. The zero-order valence-electron chi connectivity index (χ0n) is 10.7. The van der Waals surface area contributed by atoms with Crippen molar-refractivity contribution in [1.29, 1.82) is 0 Å². The molecule has 0 radical (unpaired) electrons. The van der Waals surface area contributed by atoms with Crippen LogP contribution in [-0.4, -0.2) is 21.5 Å². The van der Waals surface area contributed by atoms with Crippen molar-refractivity contribution in [3.63, 3.8) is 0 Å². The molecule has 3 nitrogen and oxygen atoms in total. The molecular formula is C15H15FN2O. The molecule has 0 aliphatic heterocycles. The van der Waals surface area contributed by atoms with Crippen molar-refractivity contribution in [2.24, 2.45) is 0 Å². The molecule has 0 fully saturated rings. The van der Waals surface area contributed by atoms with Gasteiger partial charge < -0.3 is 5.11 Å². The van der Waals surface area contributed by atoms with Gasteiger partial charge >= 0.3 is 0 Å². The summed E-state index contributed by atoms with van der Waals surface area (Å²) in [5, 5.41) is 12.8. The fourth-order valence-electron chi connectivity index (χ4n) is 1.77. The van der Waals surface area contributed by atoms with Crippen LogP contribution in [0.2, 0.25) is 0 Å². The van der Waals surface area contributed by atoms with Gasteiger partial charge in [0.05, 0.1) is 13.2 Å². The van der Waals surface area contributed by atoms with Crippen molar-refractivity contribution in [2.75, 3.05) is 6.61 Å². The minimum absolute atomic E-state index is 0.0155. The number of aromatic nitrogens is 2. The molecule has 0 unspecified atom stereocenters. The molecule has 0 saturated heterocycles. The van der Waals surface area contributed by atoms with E-state index in [2.05, 4.69) is 16.9 Å². The van der Waals surface area contributed by atoms with Crippen LogP contribution >= 0.6 is 0 Å². The zero-order chi connectivity index (χ0) is 13.7. The molecule has 1 aromatic carbocycles. The van der Waals surface area contributed by atoms with Gasteiger partial charge in [-0.05, 0) is 36.8 Å². The molecule has 0 aliphatic rings. The van der Waals surface area contributed by atoms with E-state index in [0.29, 0.717) is 18.5 Å². The quantitative estimate of drug-likeness (QED) is 0.856. The molecule has 0 bridgehead atoms. The fourth-order valence-corrected chi connectivity index (χ4v) is 1.77. The first-order valence-corrected chi connectivity index (χ1v) is 6.06. The molecule has 98 valence electrons. The Labute approximate surface area is 111 Å². The summed E-state index contributed by atoms with van der Waals surface area (Å²) >= 11 is 0. The van der Waals surface area contributed by atoms with Gasteiger partial charge in [-0.15, -0.1) is 0 Å². The summed E-state index contributed by atoms with van der Waals surface area (Å²) < 4.78 is 15.3. The summed E-state index contributed by atoms with van der Waals surface area (Å²) in [6.07, 6.45) is 2.11. The molecule has 0 saturated carbocycles. The Kier molecular flexibility index (Phi) is 4.32. The van der Waals surface area contributed by atoms with E-state index in [4.69, 9.17) is 5.11 Å². The molecule has 0 aliphatic carbocycles. The van der Waals surface area contributed by atoms with Gasteiger partial charge in [-0.25, -0.2) is 4.39 Å². The zero-order valence-corrected chi connectivity index (χ0v) is 10.7. The van der Waals surface area contributed by atoms with Crippen LogP contribution in [-0.2, 0) is 6.54 Å². The molecule has 1 N–H and O–H groups in total. The summed E-state index contributed by atoms with van der Waals surface area (Å²) in [5.74, 6) is 5.32. The first-order valence-electron chi connectivity index (χ1n) is 6.06. The van der Waals surface area contributed by atoms with Crippen LogP contribution in [0.5, 0.6) is 0 Å². The van der Waals surface area contributed by atoms with Gasteiger partial charge in [0.2, 0.25) is 0 Å². The van der Waals surface area contributed by atoms with Crippen LogP contribution in [0.1, 0.15) is 23.2 Å². The maximum absolute atomic E-state index is 13.5. The van der Waals surface area contributed by atoms with E-state index in [1.807, 2.05) is 19.1 Å². The van der Waals surface area contributed by atoms with E-state index in [9.17, 15) is 4.39 Å². The average Bonchev–Trinajstić information content (AvgIpc) is 2.75. The van der Waals surface area contributed by atoms with Gasteiger partial charge in [-0.2, -0.15) is 5.10 Å². The molecule has 0 amide bonds. The molecule has 0 spiro atoms. The van der Waals surface area contributed by atoms with Crippen LogP contribution < -0.4 is 0 Å². The number of aliphatic hydroxyl groups is 1. The Morgan fingerprint density at radius 3 is 2.89 bits per heavy atom. The maximum atomic E-state index is 13.5. The standard InChI is InChI=1S/C15H15FN2O/c1-12-5-6-17-18(12)11-14-8-13(4-2-3-7-19)9-15(16)10-14/h5-6,8-10,19H,3,7,11H2,1H3. The van der Waals surface area contributed by atoms with E-state index in [0.717, 1.165) is 11.3 Å². The predicted molar refractivity (Wildman–Crippen MR) is 71.0 cm³/mol. The Morgan fingerprint density at radius 2 is 2.21 bits per heavy atom. The van der Waals surface area contributed by atoms with Gasteiger partial charge in [-0.3, -0.25) is 4.68 Å². The van der Waals surface area contributed by atoms with Crippen molar-refractivity contribution in [3.05, 3.63) is 53.1 Å². The third kappa shape index (κ3) is 3.67. The summed E-state index contributed by atoms with van der Waals surface area (Å²) in [7, 11) is 0. The number of hydrogen-bond acceptors (Lipinski definition) is 2. The van der Waals surface area contributed by atoms with Gasteiger partial charge in [0.15, 0.2) is 0 Å². The summed E-state index contributed by atoms with van der Waals surface area (Å²) in [6.45, 7) is 2.49. The average molecular weight is 258 g/mol. The number of hydrogen-bond donors (Lipinski definition) is 1. The number of benzene rings is 1. The lowest BCUT2D eigenvalue weighted by Crippen LogP contribution is -2.04. The Hall–Kier alpha value is -2.12. The lowest BCUT2D eigenvalue weighted by atomic mass is 10.1. The second-order valence-electron chi connectivity index (χ2n) is 4.25. The van der Waals surface area contributed by atoms with Crippen LogP contribution in [0.25, 0.3) is 0 Å². The minimum Gasteiger partial charge on any atom is -0.395 e. The second-order valence-corrected chi connectivity index (χ2v) is 4.25. The third-order valence-electron chi connectivity index (χ3n) is 2.69. The normalized spacial score (nSPS) is 10.1. The van der Waals surface area contributed by atoms with Gasteiger partial charge in [-0.1, -0.05) is 11.8 Å². The van der Waals surface area contributed by atoms with Crippen molar-refractivity contribution < 1.29 is 9.50 Å². The van der Waals surface area contributed by atoms with E-state index in [1.54, 1.807) is 10.9 Å². The molecule has 4 heteroatoms. The van der Waals surface area contributed by atoms with Gasteiger partial charge in [0, 0.05) is 23.9 Å². The van der Waals surface area contributed by atoms with Gasteiger partial charge in [0.25, 0.3) is 0 Å². The van der Waals surface area contributed by atoms with Crippen molar-refractivity contribution in [2.45, 2.75) is 19.9 Å². The van der Waals surface area contributed by atoms with E-state index in [-0.39, 0.29) is 12.4 Å². The van der Waals surface area contributed by atoms with E-state index >= 15 is 0 Å². The fraction of sp³-hybridized carbons (Fsp3) is 0.267. The third-order valence-corrected chi connectivity index (χ3v) is 2.69. The van der Waals surface area contributed by atoms with Crippen LogP contribution in [0.4, 0.5) is 4.39 Å². The predicted octanol–water partition coefficient (Wildman–Crippen LogP) is 2.11. The summed E-state index contributed by atoms with van der Waals surface area (Å²) in [4.78, 5) is 0. The summed E-state index contributed by atoms with van der Waals surface area (Å²) in [6, 6.07) is 6.62. The first-order chi connectivity index (χ1) is 9.19. The lowest BCUT2D eigenvalue weighted by molar-refractivity contribution is 0.305. The Bertz CT molecular complexity index is 623. The van der Waals surface area contributed by atoms with Crippen LogP contribution in [0.15, 0.2) is 30.5 Å². The molecule has 2 rings (SSSR count). The Balaban J connectivity index is 2.22. The van der Waals surface area contributed by atoms with E-state index < -0.39 is 0 Å². The molecule has 1 heterocycles. The number of rotatable bonds is 3. The molecule has 2 aromatic rings. The highest BCUT2D eigenvalue weighted by Gasteiger charge is 2.02. The largest absolute Gasteiger partial charge is 0.395 e. The molecule has 0 atom stereocenters. The highest BCUT2D eigenvalue weighted by molar-refractivity contribution is 5.37. The van der Waals surface area contributed by atoms with Crippen molar-refractivity contribution in [3.8, 4) is 11.8 Å². The number of aliphatic hydroxyl groups excluding tert-OH is 1. The highest BCUT2D eigenvalue weighted by Crippen LogP contribution is 2.11. The van der Waals surface area contributed by atoms with Crippen molar-refractivity contribution in [1.82, 2.24) is 9.78 Å². The van der Waals surface area contributed by atoms with E-state index in [1.165, 1.54) is 12.1 Å². The minimum atomic E-state index is -0.310. The van der Waals surface area contributed by atoms with Crippen LogP contribution in [0.3, 0.4) is 0 Å². The van der Waals surface area contributed by atoms with Gasteiger partial charge in [0.1, 0.15) is 5.82 Å². The number of nitrogens with zero attached hydrogens (tertiary/aromatic N) is 2. The summed E-state index contributed by atoms with van der Waals surface area (Å²) in [5.41, 5.74) is 2.46. The smallest absolute Gasteiger partial charge is 0.124 e. The number of halogens is 1. The maximum Gasteiger partial charge on any atom is 0.124 e. The monoisotopic (exact) mass is 258 g/mol. The van der Waals surface area contributed by atoms with Crippen LogP contribution in [0, 0.1) is 24.6 Å². The topological polar surface area (TPSA) is 38.0 Å². The highest BCUT2D eigenvalue weighted by atomic mass is 19.1. The molecular weight excluding hydrogens is 243 g/mol. The number of aryl methyl sites for hydroxylation is 1. The lowest BCUT2D eigenvalue weighted by Gasteiger charge is -2.05. The first kappa shape index (κ1) is 13.3.